The second kappa shape index (κ2) is 6.44. The van der Waals surface area contributed by atoms with Gasteiger partial charge in [-0.25, -0.2) is 0 Å². The van der Waals surface area contributed by atoms with Crippen LogP contribution in [0.3, 0.4) is 0 Å². The van der Waals surface area contributed by atoms with Crippen LogP contribution in [0.25, 0.3) is 0 Å². The van der Waals surface area contributed by atoms with Crippen molar-refractivity contribution in [2.75, 3.05) is 32.7 Å². The van der Waals surface area contributed by atoms with E-state index in [1.807, 2.05) is 32.6 Å². The van der Waals surface area contributed by atoms with Crippen molar-refractivity contribution in [2.45, 2.75) is 53.5 Å². The summed E-state index contributed by atoms with van der Waals surface area (Å²) in [6.07, 6.45) is 1.23. The number of piperazine rings is 1. The van der Waals surface area contributed by atoms with Gasteiger partial charge < -0.3 is 10.6 Å². The van der Waals surface area contributed by atoms with E-state index in [1.165, 1.54) is 6.42 Å². The minimum absolute atomic E-state index is 0.188. The van der Waals surface area contributed by atoms with E-state index in [0.717, 1.165) is 38.6 Å². The molecule has 0 radical (unpaired) electrons. The Morgan fingerprint density at radius 3 is 2.00 bits per heavy atom. The first-order valence-corrected chi connectivity index (χ1v) is 7.86. The van der Waals surface area contributed by atoms with Crippen LogP contribution in [-0.2, 0) is 4.79 Å². The summed E-state index contributed by atoms with van der Waals surface area (Å²) in [5, 5.41) is 0. The van der Waals surface area contributed by atoms with Crippen molar-refractivity contribution in [3.05, 3.63) is 0 Å². The van der Waals surface area contributed by atoms with E-state index in [4.69, 9.17) is 5.73 Å². The zero-order valence-corrected chi connectivity index (χ0v) is 14.2. The summed E-state index contributed by atoms with van der Waals surface area (Å²) in [4.78, 5) is 17.1. The highest BCUT2D eigenvalue weighted by Crippen LogP contribution is 2.31. The first kappa shape index (κ1) is 17.4. The summed E-state index contributed by atoms with van der Waals surface area (Å²) in [5.41, 5.74) is 5.15. The molecule has 20 heavy (non-hydrogen) atoms. The summed E-state index contributed by atoms with van der Waals surface area (Å²) in [6, 6.07) is 0. The fourth-order valence-corrected chi connectivity index (χ4v) is 2.29. The minimum atomic E-state index is -0.521. The zero-order valence-electron chi connectivity index (χ0n) is 14.2. The van der Waals surface area contributed by atoms with E-state index >= 15 is 0 Å². The maximum atomic E-state index is 12.7. The predicted octanol–water partition coefficient (Wildman–Crippen LogP) is 1.94. The summed E-state index contributed by atoms with van der Waals surface area (Å²) in [7, 11) is 0. The van der Waals surface area contributed by atoms with Crippen LogP contribution in [0.4, 0.5) is 0 Å². The maximum Gasteiger partial charge on any atom is 0.230 e. The normalized spacial score (nSPS) is 18.7. The van der Waals surface area contributed by atoms with Crippen LogP contribution in [0.5, 0.6) is 0 Å². The monoisotopic (exact) mass is 283 g/mol. The molecular formula is C16H33N3O. The van der Waals surface area contributed by atoms with E-state index in [9.17, 15) is 4.79 Å². The number of hydrogen-bond donors (Lipinski definition) is 1. The molecular weight excluding hydrogens is 250 g/mol. The summed E-state index contributed by atoms with van der Waals surface area (Å²) in [6.45, 7) is 17.1. The molecule has 1 aliphatic heterocycles. The van der Waals surface area contributed by atoms with Gasteiger partial charge in [0.1, 0.15) is 0 Å². The van der Waals surface area contributed by atoms with Crippen LogP contribution < -0.4 is 5.73 Å². The predicted molar refractivity (Wildman–Crippen MR) is 84.5 cm³/mol. The lowest BCUT2D eigenvalue weighted by Gasteiger charge is -2.43. The van der Waals surface area contributed by atoms with Gasteiger partial charge in [-0.15, -0.1) is 0 Å². The maximum absolute atomic E-state index is 12.7. The Labute approximate surface area is 124 Å². The third kappa shape index (κ3) is 4.19. The van der Waals surface area contributed by atoms with Crippen LogP contribution in [0.15, 0.2) is 0 Å². The molecule has 0 unspecified atom stereocenters. The van der Waals surface area contributed by atoms with E-state index < -0.39 is 11.0 Å². The van der Waals surface area contributed by atoms with Crippen LogP contribution in [-0.4, -0.2) is 54.0 Å². The third-order valence-electron chi connectivity index (χ3n) is 4.83. The Balaban J connectivity index is 2.51. The van der Waals surface area contributed by atoms with Crippen molar-refractivity contribution in [1.82, 2.24) is 9.80 Å². The van der Waals surface area contributed by atoms with Crippen molar-refractivity contribution in [3.8, 4) is 0 Å². The van der Waals surface area contributed by atoms with E-state index in [1.54, 1.807) is 0 Å². The highest BCUT2D eigenvalue weighted by atomic mass is 16.2. The van der Waals surface area contributed by atoms with Gasteiger partial charge in [0.05, 0.1) is 5.41 Å². The van der Waals surface area contributed by atoms with Gasteiger partial charge >= 0.3 is 0 Å². The van der Waals surface area contributed by atoms with Gasteiger partial charge in [-0.3, -0.25) is 9.69 Å². The van der Waals surface area contributed by atoms with Crippen molar-refractivity contribution < 1.29 is 4.79 Å². The molecule has 4 heteroatoms. The number of carbonyl (C=O) groups is 1. The summed E-state index contributed by atoms with van der Waals surface area (Å²) in [5.74, 6) is 0.931. The molecule has 0 aliphatic carbocycles. The molecule has 118 valence electrons. The van der Waals surface area contributed by atoms with Crippen molar-refractivity contribution in [1.29, 1.82) is 0 Å². The first-order chi connectivity index (χ1) is 9.05. The van der Waals surface area contributed by atoms with E-state index in [-0.39, 0.29) is 5.91 Å². The van der Waals surface area contributed by atoms with Crippen LogP contribution in [0.1, 0.15) is 48.0 Å². The van der Waals surface area contributed by atoms with Crippen molar-refractivity contribution in [3.63, 3.8) is 0 Å². The standard InChI is InChI=1S/C16H33N3O/c1-13(2)7-8-18-9-11-19(12-10-18)14(20)15(3,4)16(5,6)17/h13H,7-12,17H2,1-6H3. The number of nitrogens with two attached hydrogens (primary N) is 1. The Morgan fingerprint density at radius 1 is 1.10 bits per heavy atom. The molecule has 1 rings (SSSR count). The fraction of sp³-hybridized carbons (Fsp3) is 0.938. The van der Waals surface area contributed by atoms with E-state index in [2.05, 4.69) is 18.7 Å². The van der Waals surface area contributed by atoms with Crippen molar-refractivity contribution >= 4 is 5.91 Å². The lowest BCUT2D eigenvalue weighted by Crippen LogP contribution is -2.59. The highest BCUT2D eigenvalue weighted by molar-refractivity contribution is 5.83. The second-order valence-corrected chi connectivity index (χ2v) is 7.66. The molecule has 0 aromatic rings. The third-order valence-corrected chi connectivity index (χ3v) is 4.83. The Hall–Kier alpha value is -0.610. The van der Waals surface area contributed by atoms with E-state index in [0.29, 0.717) is 0 Å². The Bertz CT molecular complexity index is 323. The summed E-state index contributed by atoms with van der Waals surface area (Å²) >= 11 is 0. The molecule has 1 fully saturated rings. The highest BCUT2D eigenvalue weighted by Gasteiger charge is 2.43. The zero-order chi connectivity index (χ0) is 15.6. The SMILES string of the molecule is CC(C)CCN1CCN(C(=O)C(C)(C)C(C)(C)N)CC1. The Morgan fingerprint density at radius 2 is 1.60 bits per heavy atom. The largest absolute Gasteiger partial charge is 0.340 e. The van der Waals surface area contributed by atoms with Gasteiger partial charge in [0.15, 0.2) is 0 Å². The van der Waals surface area contributed by atoms with Gasteiger partial charge in [-0.2, -0.15) is 0 Å². The molecule has 1 aliphatic rings. The molecule has 1 amide bonds. The van der Waals surface area contributed by atoms with Crippen LogP contribution >= 0.6 is 0 Å². The number of carbonyl (C=O) groups excluding carboxylic acids is 1. The van der Waals surface area contributed by atoms with Gasteiger partial charge in [0.2, 0.25) is 5.91 Å². The summed E-state index contributed by atoms with van der Waals surface area (Å²) < 4.78 is 0. The number of hydrogen-bond acceptors (Lipinski definition) is 3. The van der Waals surface area contributed by atoms with Crippen LogP contribution in [0, 0.1) is 11.3 Å². The molecule has 1 heterocycles. The average Bonchev–Trinajstić information content (AvgIpc) is 2.34. The number of rotatable bonds is 5. The number of nitrogens with zero attached hydrogens (tertiary/aromatic N) is 2. The smallest absolute Gasteiger partial charge is 0.230 e. The first-order valence-electron chi connectivity index (χ1n) is 7.86. The number of amides is 1. The molecule has 4 nitrogen and oxygen atoms in total. The van der Waals surface area contributed by atoms with Gasteiger partial charge in [-0.1, -0.05) is 13.8 Å². The molecule has 0 spiro atoms. The molecule has 0 atom stereocenters. The van der Waals surface area contributed by atoms with Gasteiger partial charge in [-0.05, 0) is 46.6 Å². The van der Waals surface area contributed by atoms with Crippen molar-refractivity contribution in [2.24, 2.45) is 17.1 Å². The van der Waals surface area contributed by atoms with Crippen LogP contribution in [0.2, 0.25) is 0 Å². The lowest BCUT2D eigenvalue weighted by molar-refractivity contribution is -0.145. The molecule has 0 bridgehead atoms. The second-order valence-electron chi connectivity index (χ2n) is 7.66. The Kier molecular flexibility index (Phi) is 5.61. The topological polar surface area (TPSA) is 49.6 Å². The molecule has 0 aromatic carbocycles. The lowest BCUT2D eigenvalue weighted by atomic mass is 9.74. The average molecular weight is 283 g/mol. The molecule has 0 saturated carbocycles. The van der Waals surface area contributed by atoms with Gasteiger partial charge in [0.25, 0.3) is 0 Å². The fourth-order valence-electron chi connectivity index (χ4n) is 2.29. The molecule has 1 saturated heterocycles. The molecule has 2 N–H and O–H groups in total. The quantitative estimate of drug-likeness (QED) is 0.839. The molecule has 0 aromatic heterocycles. The van der Waals surface area contributed by atoms with Gasteiger partial charge in [0, 0.05) is 31.7 Å². The minimum Gasteiger partial charge on any atom is -0.340 e.